The van der Waals surface area contributed by atoms with Crippen LogP contribution < -0.4 is 5.32 Å². The number of carboxylic acid groups (broad SMARTS) is 1. The fourth-order valence-corrected chi connectivity index (χ4v) is 1.98. The Balaban J connectivity index is 2.36. The molecule has 1 aromatic rings. The van der Waals surface area contributed by atoms with Gasteiger partial charge in [-0.15, -0.1) is 0 Å². The van der Waals surface area contributed by atoms with Crippen LogP contribution in [0.25, 0.3) is 0 Å². The SMILES string of the molecule is CCCCCCNC(=O)N(C)Cc1ccc(C(=O)O)cc1. The number of hydrogen-bond donors (Lipinski definition) is 2. The molecule has 5 heteroatoms. The lowest BCUT2D eigenvalue weighted by atomic mass is 10.1. The van der Waals surface area contributed by atoms with Gasteiger partial charge in [-0.1, -0.05) is 38.3 Å². The van der Waals surface area contributed by atoms with Crippen molar-refractivity contribution in [2.75, 3.05) is 13.6 Å². The number of benzene rings is 1. The van der Waals surface area contributed by atoms with Crippen molar-refractivity contribution in [3.8, 4) is 0 Å². The predicted octanol–water partition coefficient (Wildman–Crippen LogP) is 3.11. The van der Waals surface area contributed by atoms with Crippen molar-refractivity contribution < 1.29 is 14.7 Å². The molecule has 0 aliphatic rings. The number of nitrogens with one attached hydrogen (secondary N) is 1. The highest BCUT2D eigenvalue weighted by Crippen LogP contribution is 2.07. The molecule has 2 N–H and O–H groups in total. The molecule has 0 spiro atoms. The Hall–Kier alpha value is -2.04. The van der Waals surface area contributed by atoms with Gasteiger partial charge < -0.3 is 15.3 Å². The number of unbranched alkanes of at least 4 members (excludes halogenated alkanes) is 3. The third-order valence-corrected chi connectivity index (χ3v) is 3.27. The van der Waals surface area contributed by atoms with Gasteiger partial charge in [0.25, 0.3) is 0 Å². The van der Waals surface area contributed by atoms with Gasteiger partial charge in [0.05, 0.1) is 5.56 Å². The Morgan fingerprint density at radius 1 is 1.14 bits per heavy atom. The fraction of sp³-hybridized carbons (Fsp3) is 0.500. The van der Waals surface area contributed by atoms with E-state index in [2.05, 4.69) is 12.2 Å². The monoisotopic (exact) mass is 292 g/mol. The Bertz CT molecular complexity index is 457. The zero-order valence-corrected chi connectivity index (χ0v) is 12.8. The summed E-state index contributed by atoms with van der Waals surface area (Å²) in [4.78, 5) is 24.2. The van der Waals surface area contributed by atoms with Crippen LogP contribution in [0.2, 0.25) is 0 Å². The van der Waals surface area contributed by atoms with E-state index in [9.17, 15) is 9.59 Å². The molecule has 2 amide bonds. The second-order valence-corrected chi connectivity index (χ2v) is 5.15. The van der Waals surface area contributed by atoms with Gasteiger partial charge in [0, 0.05) is 20.1 Å². The Morgan fingerprint density at radius 3 is 2.38 bits per heavy atom. The standard InChI is InChI=1S/C16H24N2O3/c1-3-4-5-6-11-17-16(21)18(2)12-13-7-9-14(10-8-13)15(19)20/h7-10H,3-6,11-12H2,1-2H3,(H,17,21)(H,19,20). The molecule has 0 aromatic heterocycles. The third-order valence-electron chi connectivity index (χ3n) is 3.27. The van der Waals surface area contributed by atoms with E-state index in [0.717, 1.165) is 18.4 Å². The van der Waals surface area contributed by atoms with Crippen molar-refractivity contribution in [3.05, 3.63) is 35.4 Å². The molecule has 0 bridgehead atoms. The lowest BCUT2D eigenvalue weighted by molar-refractivity contribution is 0.0697. The lowest BCUT2D eigenvalue weighted by Gasteiger charge is -2.18. The Morgan fingerprint density at radius 2 is 1.81 bits per heavy atom. The molecule has 1 aromatic carbocycles. The molecule has 21 heavy (non-hydrogen) atoms. The summed E-state index contributed by atoms with van der Waals surface area (Å²) in [6, 6.07) is 6.46. The first kappa shape index (κ1) is 17.0. The Kier molecular flexibility index (Phi) is 7.29. The highest BCUT2D eigenvalue weighted by Gasteiger charge is 2.09. The van der Waals surface area contributed by atoms with E-state index in [1.807, 2.05) is 0 Å². The largest absolute Gasteiger partial charge is 0.478 e. The molecule has 0 fully saturated rings. The van der Waals surface area contributed by atoms with Gasteiger partial charge in [0.2, 0.25) is 0 Å². The van der Waals surface area contributed by atoms with Gasteiger partial charge in [-0.2, -0.15) is 0 Å². The van der Waals surface area contributed by atoms with E-state index in [1.165, 1.54) is 12.8 Å². The molecule has 0 radical (unpaired) electrons. The Labute approximate surface area is 126 Å². The molecular weight excluding hydrogens is 268 g/mol. The summed E-state index contributed by atoms with van der Waals surface area (Å²) in [5.41, 5.74) is 1.16. The van der Waals surface area contributed by atoms with Crippen LogP contribution in [0.1, 0.15) is 48.5 Å². The number of urea groups is 1. The third kappa shape index (κ3) is 6.29. The van der Waals surface area contributed by atoms with Crippen molar-refractivity contribution in [2.24, 2.45) is 0 Å². The molecule has 0 saturated carbocycles. The molecule has 0 aliphatic carbocycles. The lowest BCUT2D eigenvalue weighted by Crippen LogP contribution is -2.37. The van der Waals surface area contributed by atoms with Gasteiger partial charge >= 0.3 is 12.0 Å². The highest BCUT2D eigenvalue weighted by molar-refractivity contribution is 5.87. The van der Waals surface area contributed by atoms with E-state index in [-0.39, 0.29) is 11.6 Å². The molecule has 0 saturated heterocycles. The molecule has 5 nitrogen and oxygen atoms in total. The first-order valence-electron chi connectivity index (χ1n) is 7.35. The van der Waals surface area contributed by atoms with Crippen molar-refractivity contribution in [1.82, 2.24) is 10.2 Å². The smallest absolute Gasteiger partial charge is 0.335 e. The number of hydrogen-bond acceptors (Lipinski definition) is 2. The van der Waals surface area contributed by atoms with Crippen LogP contribution in [0.3, 0.4) is 0 Å². The molecule has 0 aliphatic heterocycles. The summed E-state index contributed by atoms with van der Waals surface area (Å²) < 4.78 is 0. The van der Waals surface area contributed by atoms with Crippen LogP contribution >= 0.6 is 0 Å². The number of aromatic carboxylic acids is 1. The minimum Gasteiger partial charge on any atom is -0.478 e. The second kappa shape index (κ2) is 9.00. The van der Waals surface area contributed by atoms with Crippen LogP contribution in [0, 0.1) is 0 Å². The van der Waals surface area contributed by atoms with Crippen LogP contribution in [-0.2, 0) is 6.54 Å². The number of carbonyl (C=O) groups excluding carboxylic acids is 1. The minimum absolute atomic E-state index is 0.103. The molecule has 1 rings (SSSR count). The van der Waals surface area contributed by atoms with E-state index in [1.54, 1.807) is 36.2 Å². The molecular formula is C16H24N2O3. The van der Waals surface area contributed by atoms with Crippen LogP contribution in [0.4, 0.5) is 4.79 Å². The number of rotatable bonds is 8. The van der Waals surface area contributed by atoms with Crippen LogP contribution in [-0.4, -0.2) is 35.6 Å². The van der Waals surface area contributed by atoms with Gasteiger partial charge in [0.15, 0.2) is 0 Å². The van der Waals surface area contributed by atoms with Gasteiger partial charge in [0.1, 0.15) is 0 Å². The van der Waals surface area contributed by atoms with Crippen molar-refractivity contribution in [3.63, 3.8) is 0 Å². The quantitative estimate of drug-likeness (QED) is 0.723. The summed E-state index contributed by atoms with van der Waals surface area (Å²) in [5, 5.41) is 11.7. The summed E-state index contributed by atoms with van der Waals surface area (Å²) in [6.07, 6.45) is 4.51. The van der Waals surface area contributed by atoms with Crippen LogP contribution in [0.15, 0.2) is 24.3 Å². The van der Waals surface area contributed by atoms with E-state index in [0.29, 0.717) is 13.1 Å². The zero-order valence-electron chi connectivity index (χ0n) is 12.8. The van der Waals surface area contributed by atoms with Crippen molar-refractivity contribution in [1.29, 1.82) is 0 Å². The van der Waals surface area contributed by atoms with Gasteiger partial charge in [-0.3, -0.25) is 0 Å². The maximum absolute atomic E-state index is 11.9. The van der Waals surface area contributed by atoms with Gasteiger partial charge in [-0.05, 0) is 24.1 Å². The van der Waals surface area contributed by atoms with E-state index < -0.39 is 5.97 Å². The molecule has 0 atom stereocenters. The molecule has 0 heterocycles. The second-order valence-electron chi connectivity index (χ2n) is 5.15. The number of nitrogens with zero attached hydrogens (tertiary/aromatic N) is 1. The summed E-state index contributed by atoms with van der Waals surface area (Å²) in [7, 11) is 1.73. The number of amides is 2. The number of carboxylic acids is 1. The molecule has 116 valence electrons. The molecule has 0 unspecified atom stereocenters. The highest BCUT2D eigenvalue weighted by atomic mass is 16.4. The van der Waals surface area contributed by atoms with E-state index >= 15 is 0 Å². The zero-order chi connectivity index (χ0) is 15.7. The number of carbonyl (C=O) groups is 2. The summed E-state index contributed by atoms with van der Waals surface area (Å²) in [5.74, 6) is -0.945. The van der Waals surface area contributed by atoms with Gasteiger partial charge in [-0.25, -0.2) is 9.59 Å². The normalized spacial score (nSPS) is 10.2. The first-order chi connectivity index (χ1) is 10.0. The fourth-order valence-electron chi connectivity index (χ4n) is 1.98. The topological polar surface area (TPSA) is 69.6 Å². The minimum atomic E-state index is -0.945. The van der Waals surface area contributed by atoms with E-state index in [4.69, 9.17) is 5.11 Å². The predicted molar refractivity (Wildman–Crippen MR) is 82.4 cm³/mol. The summed E-state index contributed by atoms with van der Waals surface area (Å²) >= 11 is 0. The maximum Gasteiger partial charge on any atom is 0.335 e. The van der Waals surface area contributed by atoms with Crippen molar-refractivity contribution >= 4 is 12.0 Å². The summed E-state index contributed by atoms with van der Waals surface area (Å²) in [6.45, 7) is 3.31. The average molecular weight is 292 g/mol. The first-order valence-corrected chi connectivity index (χ1v) is 7.35. The average Bonchev–Trinajstić information content (AvgIpc) is 2.47. The van der Waals surface area contributed by atoms with Crippen LogP contribution in [0.5, 0.6) is 0 Å². The van der Waals surface area contributed by atoms with Crippen molar-refractivity contribution in [2.45, 2.75) is 39.2 Å². The maximum atomic E-state index is 11.9.